The monoisotopic (exact) mass is 299 g/mol. The molecule has 1 heterocycles. The van der Waals surface area contributed by atoms with Gasteiger partial charge in [-0.1, -0.05) is 32.6 Å². The van der Waals surface area contributed by atoms with Gasteiger partial charge in [-0.05, 0) is 52.9 Å². The highest BCUT2D eigenvalue weighted by molar-refractivity contribution is 5.70. The molecule has 4 heteroatoms. The second-order valence-corrected chi connectivity index (χ2v) is 7.90. The predicted octanol–water partition coefficient (Wildman–Crippen LogP) is 4.32. The molecule has 0 radical (unpaired) electrons. The van der Waals surface area contributed by atoms with Gasteiger partial charge in [-0.2, -0.15) is 5.06 Å². The van der Waals surface area contributed by atoms with Crippen LogP contribution in [0.1, 0.15) is 79.6 Å². The summed E-state index contributed by atoms with van der Waals surface area (Å²) >= 11 is 0. The molecule has 1 fully saturated rings. The molecular weight excluding hydrogens is 266 g/mol. The summed E-state index contributed by atoms with van der Waals surface area (Å²) in [5.74, 6) is -0.818. The summed E-state index contributed by atoms with van der Waals surface area (Å²) in [5.41, 5.74) is -0.743. The fraction of sp³-hybridized carbons (Fsp3) is 0.941. The van der Waals surface area contributed by atoms with Gasteiger partial charge in [-0.15, -0.1) is 0 Å². The van der Waals surface area contributed by atoms with Gasteiger partial charge in [0.05, 0.1) is 5.92 Å². The number of unbranched alkanes of at least 4 members (excludes halogenated alkanes) is 3. The normalized spacial score (nSPS) is 23.9. The summed E-state index contributed by atoms with van der Waals surface area (Å²) in [6.07, 6.45) is 6.68. The molecule has 124 valence electrons. The summed E-state index contributed by atoms with van der Waals surface area (Å²) in [5, 5.41) is 21.4. The lowest BCUT2D eigenvalue weighted by molar-refractivity contribution is -0.254. The Morgan fingerprint density at radius 3 is 2.10 bits per heavy atom. The van der Waals surface area contributed by atoms with Gasteiger partial charge in [-0.3, -0.25) is 4.79 Å². The summed E-state index contributed by atoms with van der Waals surface area (Å²) in [6, 6.07) is 0. The van der Waals surface area contributed by atoms with Crippen molar-refractivity contribution in [3.8, 4) is 0 Å². The molecule has 0 amide bonds. The maximum Gasteiger partial charge on any atom is 0.306 e. The molecule has 1 aliphatic heterocycles. The van der Waals surface area contributed by atoms with Crippen LogP contribution in [0.4, 0.5) is 0 Å². The molecule has 0 aliphatic carbocycles. The Labute approximate surface area is 129 Å². The van der Waals surface area contributed by atoms with Crippen LogP contribution < -0.4 is 0 Å². The molecule has 1 saturated heterocycles. The van der Waals surface area contributed by atoms with E-state index in [0.29, 0.717) is 0 Å². The van der Waals surface area contributed by atoms with Crippen molar-refractivity contribution in [2.24, 2.45) is 11.8 Å². The van der Waals surface area contributed by atoms with E-state index in [1.807, 2.05) is 27.7 Å². The Morgan fingerprint density at radius 2 is 1.67 bits per heavy atom. The van der Waals surface area contributed by atoms with Crippen LogP contribution in [0.25, 0.3) is 0 Å². The van der Waals surface area contributed by atoms with Crippen LogP contribution >= 0.6 is 0 Å². The minimum atomic E-state index is -0.672. The molecule has 1 rings (SSSR count). The lowest BCUT2D eigenvalue weighted by Crippen LogP contribution is -2.60. The molecule has 4 nitrogen and oxygen atoms in total. The number of aliphatic carboxylic acids is 1. The third kappa shape index (κ3) is 4.68. The number of carboxylic acid groups (broad SMARTS) is 1. The Morgan fingerprint density at radius 1 is 1.14 bits per heavy atom. The van der Waals surface area contributed by atoms with E-state index in [2.05, 4.69) is 6.92 Å². The fourth-order valence-electron chi connectivity index (χ4n) is 3.98. The third-order valence-electron chi connectivity index (χ3n) is 4.93. The first kappa shape index (κ1) is 18.4. The molecule has 2 N–H and O–H groups in total. The van der Waals surface area contributed by atoms with Crippen molar-refractivity contribution in [1.82, 2.24) is 5.06 Å². The Hall–Kier alpha value is -0.610. The molecule has 0 aromatic heterocycles. The number of hydrogen-bond acceptors (Lipinski definition) is 3. The van der Waals surface area contributed by atoms with Crippen molar-refractivity contribution in [2.75, 3.05) is 0 Å². The second-order valence-electron chi connectivity index (χ2n) is 7.90. The predicted molar refractivity (Wildman–Crippen MR) is 84.4 cm³/mol. The third-order valence-corrected chi connectivity index (χ3v) is 4.93. The van der Waals surface area contributed by atoms with Gasteiger partial charge < -0.3 is 10.3 Å². The standard InChI is InChI=1S/C17H33NO3/c1-6-7-8-9-10-14(15(19)20)13-11-16(2,3)18(21)17(4,5)12-13/h13-14,21H,6-12H2,1-5H3,(H,19,20). The van der Waals surface area contributed by atoms with Crippen molar-refractivity contribution in [1.29, 1.82) is 0 Å². The molecule has 0 spiro atoms. The molecule has 1 unspecified atom stereocenters. The van der Waals surface area contributed by atoms with E-state index in [-0.39, 0.29) is 22.9 Å². The number of carbonyl (C=O) groups is 1. The van der Waals surface area contributed by atoms with Crippen LogP contribution in [-0.2, 0) is 4.79 Å². The molecule has 0 saturated carbocycles. The Balaban J connectivity index is 2.76. The van der Waals surface area contributed by atoms with Crippen molar-refractivity contribution >= 4 is 5.97 Å². The maximum absolute atomic E-state index is 11.7. The van der Waals surface area contributed by atoms with E-state index >= 15 is 0 Å². The first-order chi connectivity index (χ1) is 9.62. The largest absolute Gasteiger partial charge is 0.481 e. The smallest absolute Gasteiger partial charge is 0.306 e. The van der Waals surface area contributed by atoms with Crippen molar-refractivity contribution in [3.05, 3.63) is 0 Å². The van der Waals surface area contributed by atoms with Gasteiger partial charge in [0.15, 0.2) is 0 Å². The molecule has 0 bridgehead atoms. The van der Waals surface area contributed by atoms with Crippen molar-refractivity contribution in [2.45, 2.75) is 90.6 Å². The van der Waals surface area contributed by atoms with Gasteiger partial charge in [0.25, 0.3) is 0 Å². The van der Waals surface area contributed by atoms with E-state index in [4.69, 9.17) is 0 Å². The SMILES string of the molecule is CCCCCCC(C(=O)O)C1CC(C)(C)N(O)C(C)(C)C1. The Kier molecular flexibility index (Phi) is 6.23. The minimum Gasteiger partial charge on any atom is -0.481 e. The van der Waals surface area contributed by atoms with E-state index in [1.54, 1.807) is 0 Å². The topological polar surface area (TPSA) is 60.8 Å². The highest BCUT2D eigenvalue weighted by Crippen LogP contribution is 2.44. The number of nitrogens with zero attached hydrogens (tertiary/aromatic N) is 1. The zero-order valence-corrected chi connectivity index (χ0v) is 14.4. The number of hydrogen-bond donors (Lipinski definition) is 2. The van der Waals surface area contributed by atoms with Crippen LogP contribution in [0.15, 0.2) is 0 Å². The molecular formula is C17H33NO3. The summed E-state index contributed by atoms with van der Waals surface area (Å²) < 4.78 is 0. The zero-order chi connectivity index (χ0) is 16.3. The quantitative estimate of drug-likeness (QED) is 0.687. The number of rotatable bonds is 7. The van der Waals surface area contributed by atoms with E-state index in [1.165, 1.54) is 17.9 Å². The Bertz CT molecular complexity index is 334. The lowest BCUT2D eigenvalue weighted by atomic mass is 9.69. The first-order valence-corrected chi connectivity index (χ1v) is 8.34. The zero-order valence-electron chi connectivity index (χ0n) is 14.4. The van der Waals surface area contributed by atoms with E-state index in [0.717, 1.165) is 32.1 Å². The average Bonchev–Trinajstić information content (AvgIpc) is 2.34. The number of carboxylic acids is 1. The van der Waals surface area contributed by atoms with Crippen LogP contribution in [0.2, 0.25) is 0 Å². The number of piperidine rings is 1. The van der Waals surface area contributed by atoms with E-state index < -0.39 is 5.97 Å². The van der Waals surface area contributed by atoms with Gasteiger partial charge in [0.1, 0.15) is 0 Å². The van der Waals surface area contributed by atoms with Gasteiger partial charge in [0.2, 0.25) is 0 Å². The van der Waals surface area contributed by atoms with Gasteiger partial charge in [0, 0.05) is 11.1 Å². The second kappa shape index (κ2) is 7.10. The molecule has 1 atom stereocenters. The maximum atomic E-state index is 11.7. The van der Waals surface area contributed by atoms with Crippen LogP contribution in [0, 0.1) is 11.8 Å². The molecule has 21 heavy (non-hydrogen) atoms. The highest BCUT2D eigenvalue weighted by Gasteiger charge is 2.48. The average molecular weight is 299 g/mol. The van der Waals surface area contributed by atoms with E-state index in [9.17, 15) is 15.1 Å². The van der Waals surface area contributed by atoms with Crippen LogP contribution in [0.3, 0.4) is 0 Å². The van der Waals surface area contributed by atoms with Crippen LogP contribution in [-0.4, -0.2) is 32.4 Å². The minimum absolute atomic E-state index is 0.137. The fourth-order valence-corrected chi connectivity index (χ4v) is 3.98. The summed E-state index contributed by atoms with van der Waals surface area (Å²) in [7, 11) is 0. The summed E-state index contributed by atoms with van der Waals surface area (Å²) in [4.78, 5) is 11.7. The number of hydroxylamine groups is 2. The van der Waals surface area contributed by atoms with Crippen molar-refractivity contribution < 1.29 is 15.1 Å². The van der Waals surface area contributed by atoms with Gasteiger partial charge >= 0.3 is 5.97 Å². The molecule has 1 aliphatic rings. The van der Waals surface area contributed by atoms with Crippen LogP contribution in [0.5, 0.6) is 0 Å². The molecule has 0 aromatic carbocycles. The summed E-state index contributed by atoms with van der Waals surface area (Å²) in [6.45, 7) is 10.2. The lowest BCUT2D eigenvalue weighted by Gasteiger charge is -2.52. The first-order valence-electron chi connectivity index (χ1n) is 8.34. The highest BCUT2D eigenvalue weighted by atomic mass is 16.5. The molecule has 0 aromatic rings. The van der Waals surface area contributed by atoms with Crippen molar-refractivity contribution in [3.63, 3.8) is 0 Å². The van der Waals surface area contributed by atoms with Gasteiger partial charge in [-0.25, -0.2) is 0 Å².